The molecular formula is C9H10O2S2. The van der Waals surface area contributed by atoms with Gasteiger partial charge in [0.25, 0.3) is 0 Å². The number of thiol groups is 1. The van der Waals surface area contributed by atoms with E-state index < -0.39 is 5.97 Å². The molecule has 70 valence electrons. The van der Waals surface area contributed by atoms with Crippen molar-refractivity contribution in [1.29, 1.82) is 0 Å². The highest BCUT2D eigenvalue weighted by Gasteiger charge is 2.04. The van der Waals surface area contributed by atoms with Crippen molar-refractivity contribution >= 4 is 36.0 Å². The van der Waals surface area contributed by atoms with Gasteiger partial charge in [-0.3, -0.25) is 0 Å². The Bertz CT molecular complexity index is 315. The van der Waals surface area contributed by atoms with Crippen LogP contribution in [0.2, 0.25) is 0 Å². The zero-order valence-electron chi connectivity index (χ0n) is 6.93. The molecule has 1 aromatic rings. The first-order valence-electron chi connectivity index (χ1n) is 3.83. The molecule has 0 radical (unpaired) electrons. The quantitative estimate of drug-likeness (QED) is 0.756. The average molecular weight is 214 g/mol. The van der Waals surface area contributed by atoms with Crippen LogP contribution < -0.4 is 0 Å². The van der Waals surface area contributed by atoms with Crippen LogP contribution >= 0.6 is 24.0 Å². The Labute approximate surface area is 86.3 Å². The number of carboxylic acid groups (broad SMARTS) is 1. The Kier molecular flexibility index (Phi) is 4.05. The van der Waals surface area contributed by atoms with Crippen molar-refractivity contribution in [3.63, 3.8) is 0 Å². The van der Waals surface area contributed by atoms with Crippen LogP contribution in [0.3, 0.4) is 0 Å². The third kappa shape index (κ3) is 3.24. The maximum Gasteiger partial charge on any atom is 0.345 e. The van der Waals surface area contributed by atoms with Gasteiger partial charge in [0, 0.05) is 0 Å². The highest BCUT2D eigenvalue weighted by atomic mass is 32.1. The summed E-state index contributed by atoms with van der Waals surface area (Å²) in [4.78, 5) is 10.9. The minimum absolute atomic E-state index is 0.380. The SMILES string of the molecule is O=C(O)c1cc(C=CCCS)cs1. The molecule has 1 aromatic heterocycles. The molecule has 2 nitrogen and oxygen atoms in total. The summed E-state index contributed by atoms with van der Waals surface area (Å²) in [6.07, 6.45) is 4.81. The van der Waals surface area contributed by atoms with Gasteiger partial charge in [0.15, 0.2) is 0 Å². The van der Waals surface area contributed by atoms with Crippen LogP contribution in [0.5, 0.6) is 0 Å². The summed E-state index contributed by atoms with van der Waals surface area (Å²) in [5.41, 5.74) is 0.948. The van der Waals surface area contributed by atoms with Gasteiger partial charge in [0.1, 0.15) is 4.88 Å². The summed E-state index contributed by atoms with van der Waals surface area (Å²) < 4.78 is 0. The fourth-order valence-electron chi connectivity index (χ4n) is 0.844. The Morgan fingerprint density at radius 1 is 1.69 bits per heavy atom. The topological polar surface area (TPSA) is 37.3 Å². The van der Waals surface area contributed by atoms with Crippen molar-refractivity contribution in [3.05, 3.63) is 28.0 Å². The molecule has 0 aliphatic rings. The Morgan fingerprint density at radius 3 is 3.00 bits per heavy atom. The molecule has 0 aliphatic carbocycles. The number of hydrogen-bond donors (Lipinski definition) is 2. The molecular weight excluding hydrogens is 204 g/mol. The highest BCUT2D eigenvalue weighted by molar-refractivity contribution is 7.80. The van der Waals surface area contributed by atoms with Crippen LogP contribution in [-0.2, 0) is 0 Å². The van der Waals surface area contributed by atoms with Crippen LogP contribution in [-0.4, -0.2) is 16.8 Å². The lowest BCUT2D eigenvalue weighted by molar-refractivity contribution is 0.0702. The minimum Gasteiger partial charge on any atom is -0.477 e. The maximum atomic E-state index is 10.5. The molecule has 0 spiro atoms. The van der Waals surface area contributed by atoms with E-state index >= 15 is 0 Å². The molecule has 1 rings (SSSR count). The molecule has 0 atom stereocenters. The third-order valence-corrected chi connectivity index (χ3v) is 2.63. The molecule has 0 fully saturated rings. The van der Waals surface area contributed by atoms with E-state index in [9.17, 15) is 4.79 Å². The number of aromatic carboxylic acids is 1. The van der Waals surface area contributed by atoms with Crippen molar-refractivity contribution in [2.45, 2.75) is 6.42 Å². The molecule has 1 heterocycles. The van der Waals surface area contributed by atoms with E-state index in [0.717, 1.165) is 17.7 Å². The normalized spacial score (nSPS) is 10.8. The van der Waals surface area contributed by atoms with Crippen LogP contribution in [0.1, 0.15) is 21.7 Å². The number of hydrogen-bond acceptors (Lipinski definition) is 3. The maximum absolute atomic E-state index is 10.5. The molecule has 0 saturated heterocycles. The van der Waals surface area contributed by atoms with E-state index in [1.54, 1.807) is 6.07 Å². The molecule has 0 saturated carbocycles. The second kappa shape index (κ2) is 5.09. The van der Waals surface area contributed by atoms with Crippen molar-refractivity contribution in [2.75, 3.05) is 5.75 Å². The first-order chi connectivity index (χ1) is 6.24. The molecule has 0 unspecified atom stereocenters. The molecule has 0 amide bonds. The summed E-state index contributed by atoms with van der Waals surface area (Å²) in [5.74, 6) is -0.0503. The van der Waals surface area contributed by atoms with Crippen molar-refractivity contribution in [1.82, 2.24) is 0 Å². The predicted octanol–water partition coefficient (Wildman–Crippen LogP) is 2.78. The smallest absolute Gasteiger partial charge is 0.345 e. The molecule has 0 aromatic carbocycles. The zero-order chi connectivity index (χ0) is 9.68. The van der Waals surface area contributed by atoms with E-state index in [-0.39, 0.29) is 0 Å². The van der Waals surface area contributed by atoms with Gasteiger partial charge in [-0.25, -0.2) is 4.79 Å². The summed E-state index contributed by atoms with van der Waals surface area (Å²) in [6.45, 7) is 0. The van der Waals surface area contributed by atoms with Crippen LogP contribution in [0.15, 0.2) is 17.5 Å². The number of allylic oxidation sites excluding steroid dienone is 1. The first-order valence-corrected chi connectivity index (χ1v) is 5.34. The van der Waals surface area contributed by atoms with E-state index in [2.05, 4.69) is 12.6 Å². The molecule has 1 N–H and O–H groups in total. The van der Waals surface area contributed by atoms with Gasteiger partial charge >= 0.3 is 5.97 Å². The standard InChI is InChI=1S/C9H10O2S2/c10-9(11)8-5-7(6-13-8)3-1-2-4-12/h1,3,5-6,12H,2,4H2,(H,10,11). The Hall–Kier alpha value is -0.740. The van der Waals surface area contributed by atoms with Crippen LogP contribution in [0.25, 0.3) is 6.08 Å². The van der Waals surface area contributed by atoms with E-state index in [4.69, 9.17) is 5.11 Å². The zero-order valence-corrected chi connectivity index (χ0v) is 8.65. The lowest BCUT2D eigenvalue weighted by Gasteiger charge is -1.84. The molecule has 13 heavy (non-hydrogen) atoms. The fraction of sp³-hybridized carbons (Fsp3) is 0.222. The molecule has 4 heteroatoms. The largest absolute Gasteiger partial charge is 0.477 e. The molecule has 0 aliphatic heterocycles. The van der Waals surface area contributed by atoms with Gasteiger partial charge in [0.2, 0.25) is 0 Å². The number of carbonyl (C=O) groups is 1. The van der Waals surface area contributed by atoms with E-state index in [0.29, 0.717) is 4.88 Å². The summed E-state index contributed by atoms with van der Waals surface area (Å²) >= 11 is 5.31. The number of carboxylic acids is 1. The van der Waals surface area contributed by atoms with Gasteiger partial charge < -0.3 is 5.11 Å². The Morgan fingerprint density at radius 2 is 2.46 bits per heavy atom. The van der Waals surface area contributed by atoms with Gasteiger partial charge in [-0.15, -0.1) is 11.3 Å². The second-order valence-corrected chi connectivity index (χ2v) is 3.82. The first kappa shape index (κ1) is 10.3. The lowest BCUT2D eigenvalue weighted by Crippen LogP contribution is -1.89. The van der Waals surface area contributed by atoms with E-state index in [1.807, 2.05) is 17.5 Å². The summed E-state index contributed by atoms with van der Waals surface area (Å²) in [6, 6.07) is 1.67. The van der Waals surface area contributed by atoms with Gasteiger partial charge in [-0.2, -0.15) is 12.6 Å². The lowest BCUT2D eigenvalue weighted by atomic mass is 10.2. The number of thiophene rings is 1. The average Bonchev–Trinajstić information content (AvgIpc) is 2.53. The van der Waals surface area contributed by atoms with Gasteiger partial charge in [0.05, 0.1) is 0 Å². The number of rotatable bonds is 4. The summed E-state index contributed by atoms with van der Waals surface area (Å²) in [5, 5.41) is 10.5. The van der Waals surface area contributed by atoms with Crippen molar-refractivity contribution in [3.8, 4) is 0 Å². The van der Waals surface area contributed by atoms with Crippen molar-refractivity contribution in [2.24, 2.45) is 0 Å². The minimum atomic E-state index is -0.862. The fourth-order valence-corrected chi connectivity index (χ4v) is 1.71. The van der Waals surface area contributed by atoms with Crippen LogP contribution in [0, 0.1) is 0 Å². The van der Waals surface area contributed by atoms with Gasteiger partial charge in [-0.05, 0) is 29.2 Å². The monoisotopic (exact) mass is 214 g/mol. The molecule has 0 bridgehead atoms. The predicted molar refractivity (Wildman–Crippen MR) is 58.8 cm³/mol. The van der Waals surface area contributed by atoms with E-state index in [1.165, 1.54) is 11.3 Å². The third-order valence-electron chi connectivity index (χ3n) is 1.44. The van der Waals surface area contributed by atoms with Crippen LogP contribution in [0.4, 0.5) is 0 Å². The Balaban J connectivity index is 2.64. The van der Waals surface area contributed by atoms with Gasteiger partial charge in [-0.1, -0.05) is 12.2 Å². The van der Waals surface area contributed by atoms with Crippen molar-refractivity contribution < 1.29 is 9.90 Å². The summed E-state index contributed by atoms with van der Waals surface area (Å²) in [7, 11) is 0. The second-order valence-electron chi connectivity index (χ2n) is 2.46. The highest BCUT2D eigenvalue weighted by Crippen LogP contribution is 2.15.